The highest BCUT2D eigenvalue weighted by Gasteiger charge is 2.32. The van der Waals surface area contributed by atoms with Crippen molar-refractivity contribution < 1.29 is 32.6 Å². The second kappa shape index (κ2) is 6.58. The molecular weight excluding hydrogens is 353 g/mol. The standard InChI is InChI=1S/C17H13F3N2O4/c18-17(19,20)26-14-6-4-12(5-7-14)21-8-9-22(16(21)25)13-3-1-2-11(10-13)15(23)24/h1-7,10H,8-9H2,(H,23,24). The van der Waals surface area contributed by atoms with Gasteiger partial charge in [-0.25, -0.2) is 9.59 Å². The predicted octanol–water partition coefficient (Wildman–Crippen LogP) is 3.73. The number of carboxylic acid groups (broad SMARTS) is 1. The summed E-state index contributed by atoms with van der Waals surface area (Å²) in [7, 11) is 0. The number of hydrogen-bond acceptors (Lipinski definition) is 3. The summed E-state index contributed by atoms with van der Waals surface area (Å²) in [5.41, 5.74) is 0.915. The van der Waals surface area contributed by atoms with E-state index >= 15 is 0 Å². The van der Waals surface area contributed by atoms with Gasteiger partial charge in [0.1, 0.15) is 5.75 Å². The van der Waals surface area contributed by atoms with Crippen LogP contribution in [0.25, 0.3) is 0 Å². The van der Waals surface area contributed by atoms with Gasteiger partial charge in [-0.2, -0.15) is 0 Å². The van der Waals surface area contributed by atoms with Crippen molar-refractivity contribution in [2.24, 2.45) is 0 Å². The van der Waals surface area contributed by atoms with E-state index in [1.54, 1.807) is 6.07 Å². The largest absolute Gasteiger partial charge is 0.573 e. The summed E-state index contributed by atoms with van der Waals surface area (Å²) in [5, 5.41) is 9.05. The number of anilines is 2. The summed E-state index contributed by atoms with van der Waals surface area (Å²) in [4.78, 5) is 26.5. The van der Waals surface area contributed by atoms with Crippen molar-refractivity contribution in [3.8, 4) is 5.75 Å². The molecule has 1 fully saturated rings. The number of rotatable bonds is 4. The molecule has 1 aliphatic heterocycles. The maximum absolute atomic E-state index is 12.6. The van der Waals surface area contributed by atoms with Crippen molar-refractivity contribution >= 4 is 23.4 Å². The topological polar surface area (TPSA) is 70.1 Å². The van der Waals surface area contributed by atoms with E-state index in [0.717, 1.165) is 12.1 Å². The van der Waals surface area contributed by atoms with Crippen molar-refractivity contribution in [3.63, 3.8) is 0 Å². The van der Waals surface area contributed by atoms with Gasteiger partial charge in [0.2, 0.25) is 0 Å². The van der Waals surface area contributed by atoms with E-state index < -0.39 is 18.4 Å². The van der Waals surface area contributed by atoms with Gasteiger partial charge in [-0.05, 0) is 42.5 Å². The zero-order chi connectivity index (χ0) is 18.9. The van der Waals surface area contributed by atoms with Gasteiger partial charge < -0.3 is 9.84 Å². The van der Waals surface area contributed by atoms with Crippen molar-refractivity contribution in [2.75, 3.05) is 22.9 Å². The molecule has 0 aromatic heterocycles. The Morgan fingerprint density at radius 1 is 1.00 bits per heavy atom. The van der Waals surface area contributed by atoms with E-state index in [1.165, 1.54) is 40.1 Å². The van der Waals surface area contributed by atoms with E-state index in [-0.39, 0.29) is 11.3 Å². The summed E-state index contributed by atoms with van der Waals surface area (Å²) >= 11 is 0. The second-order valence-electron chi connectivity index (χ2n) is 5.48. The van der Waals surface area contributed by atoms with Crippen LogP contribution in [0.2, 0.25) is 0 Å². The molecule has 0 bridgehead atoms. The van der Waals surface area contributed by atoms with Crippen molar-refractivity contribution in [2.45, 2.75) is 6.36 Å². The van der Waals surface area contributed by atoms with Crippen LogP contribution in [0, 0.1) is 0 Å². The molecular formula is C17H13F3N2O4. The van der Waals surface area contributed by atoms with Crippen LogP contribution in [0.15, 0.2) is 48.5 Å². The molecule has 0 atom stereocenters. The first-order valence-electron chi connectivity index (χ1n) is 7.53. The van der Waals surface area contributed by atoms with Crippen molar-refractivity contribution in [1.82, 2.24) is 0 Å². The third kappa shape index (κ3) is 3.71. The molecule has 2 aromatic carbocycles. The zero-order valence-corrected chi connectivity index (χ0v) is 13.2. The van der Waals surface area contributed by atoms with E-state index in [9.17, 15) is 22.8 Å². The fraction of sp³-hybridized carbons (Fsp3) is 0.176. The Balaban J connectivity index is 1.77. The lowest BCUT2D eigenvalue weighted by Crippen LogP contribution is -2.31. The fourth-order valence-electron chi connectivity index (χ4n) is 2.65. The summed E-state index contributed by atoms with van der Waals surface area (Å²) in [5.74, 6) is -1.48. The van der Waals surface area contributed by atoms with Gasteiger partial charge in [-0.15, -0.1) is 13.2 Å². The molecule has 1 aliphatic rings. The molecule has 0 radical (unpaired) electrons. The Labute approximate surface area is 146 Å². The lowest BCUT2D eigenvalue weighted by Gasteiger charge is -2.19. The molecule has 0 spiro atoms. The van der Waals surface area contributed by atoms with Gasteiger partial charge in [-0.3, -0.25) is 9.80 Å². The molecule has 2 aromatic rings. The van der Waals surface area contributed by atoms with E-state index in [0.29, 0.717) is 24.5 Å². The van der Waals surface area contributed by atoms with Gasteiger partial charge in [0, 0.05) is 24.5 Å². The molecule has 2 amide bonds. The first kappa shape index (κ1) is 17.6. The number of hydrogen-bond donors (Lipinski definition) is 1. The number of aromatic carboxylic acids is 1. The lowest BCUT2D eigenvalue weighted by atomic mass is 10.2. The number of carboxylic acids is 1. The van der Waals surface area contributed by atoms with Gasteiger partial charge in [0.05, 0.1) is 5.56 Å². The molecule has 1 N–H and O–H groups in total. The Hall–Kier alpha value is -3.23. The van der Waals surface area contributed by atoms with Crippen LogP contribution in [0.1, 0.15) is 10.4 Å². The lowest BCUT2D eigenvalue weighted by molar-refractivity contribution is -0.274. The van der Waals surface area contributed by atoms with Crippen LogP contribution in [0.5, 0.6) is 5.75 Å². The van der Waals surface area contributed by atoms with Gasteiger partial charge in [0.15, 0.2) is 0 Å². The number of benzene rings is 2. The summed E-state index contributed by atoms with van der Waals surface area (Å²) in [6.45, 7) is 0.637. The highest BCUT2D eigenvalue weighted by molar-refractivity contribution is 6.06. The number of carbonyl (C=O) groups is 2. The van der Waals surface area contributed by atoms with Crippen LogP contribution < -0.4 is 14.5 Å². The Kier molecular flexibility index (Phi) is 4.45. The number of urea groups is 1. The number of nitrogens with zero attached hydrogens (tertiary/aromatic N) is 2. The second-order valence-corrected chi connectivity index (χ2v) is 5.48. The van der Waals surface area contributed by atoms with Crippen molar-refractivity contribution in [3.05, 3.63) is 54.1 Å². The minimum atomic E-state index is -4.78. The average molecular weight is 366 g/mol. The Morgan fingerprint density at radius 3 is 2.19 bits per heavy atom. The maximum atomic E-state index is 12.6. The van der Waals surface area contributed by atoms with E-state index in [2.05, 4.69) is 4.74 Å². The SMILES string of the molecule is O=C(O)c1cccc(N2CCN(c3ccc(OC(F)(F)F)cc3)C2=O)c1. The molecule has 3 rings (SSSR count). The molecule has 0 saturated carbocycles. The normalized spacial score (nSPS) is 14.7. The van der Waals surface area contributed by atoms with Crippen molar-refractivity contribution in [1.29, 1.82) is 0 Å². The van der Waals surface area contributed by atoms with Gasteiger partial charge in [-0.1, -0.05) is 6.07 Å². The molecule has 136 valence electrons. The number of carbonyl (C=O) groups excluding carboxylic acids is 1. The number of ether oxygens (including phenoxy) is 1. The third-order valence-corrected chi connectivity index (χ3v) is 3.80. The molecule has 0 unspecified atom stereocenters. The molecule has 6 nitrogen and oxygen atoms in total. The number of amides is 2. The Bertz CT molecular complexity index is 837. The highest BCUT2D eigenvalue weighted by atomic mass is 19.4. The highest BCUT2D eigenvalue weighted by Crippen LogP contribution is 2.29. The first-order chi connectivity index (χ1) is 12.2. The molecule has 26 heavy (non-hydrogen) atoms. The molecule has 9 heteroatoms. The molecule has 1 saturated heterocycles. The number of alkyl halides is 3. The van der Waals surface area contributed by atoms with Crippen LogP contribution in [-0.2, 0) is 0 Å². The van der Waals surface area contributed by atoms with Crippen LogP contribution in [0.4, 0.5) is 29.3 Å². The fourth-order valence-corrected chi connectivity index (χ4v) is 2.65. The third-order valence-electron chi connectivity index (χ3n) is 3.80. The number of halogens is 3. The zero-order valence-electron chi connectivity index (χ0n) is 13.2. The van der Waals surface area contributed by atoms with Gasteiger partial charge in [0.25, 0.3) is 0 Å². The summed E-state index contributed by atoms with van der Waals surface area (Å²) < 4.78 is 40.4. The quantitative estimate of drug-likeness (QED) is 0.895. The summed E-state index contributed by atoms with van der Waals surface area (Å²) in [6, 6.07) is 10.6. The monoisotopic (exact) mass is 366 g/mol. The predicted molar refractivity (Wildman–Crippen MR) is 86.6 cm³/mol. The van der Waals surface area contributed by atoms with Crippen LogP contribution in [-0.4, -0.2) is 36.6 Å². The first-order valence-corrected chi connectivity index (χ1v) is 7.53. The molecule has 1 heterocycles. The van der Waals surface area contributed by atoms with E-state index in [4.69, 9.17) is 5.11 Å². The average Bonchev–Trinajstić information content (AvgIpc) is 2.96. The Morgan fingerprint density at radius 2 is 1.62 bits per heavy atom. The van der Waals surface area contributed by atoms with Crippen LogP contribution >= 0.6 is 0 Å². The van der Waals surface area contributed by atoms with E-state index in [1.807, 2.05) is 0 Å². The van der Waals surface area contributed by atoms with Crippen LogP contribution in [0.3, 0.4) is 0 Å². The van der Waals surface area contributed by atoms with Gasteiger partial charge >= 0.3 is 18.4 Å². The minimum Gasteiger partial charge on any atom is -0.478 e. The summed E-state index contributed by atoms with van der Waals surface area (Å²) in [6.07, 6.45) is -4.78. The maximum Gasteiger partial charge on any atom is 0.573 e. The molecule has 0 aliphatic carbocycles. The smallest absolute Gasteiger partial charge is 0.478 e. The minimum absolute atomic E-state index is 0.0578.